The summed E-state index contributed by atoms with van der Waals surface area (Å²) < 4.78 is 14.7. The maximum absolute atomic E-state index is 13.5. The smallest absolute Gasteiger partial charge is 0.323 e. The number of pyridine rings is 1. The van der Waals surface area contributed by atoms with E-state index in [0.717, 1.165) is 0 Å². The Morgan fingerprint density at radius 3 is 2.50 bits per heavy atom. The number of benzene rings is 1. The number of carbonyl (C=O) groups excluding carboxylic acids is 2. The average Bonchev–Trinajstić information content (AvgIpc) is 3.36. The fraction of sp³-hybridized carbons (Fsp3) is 0.391. The molecule has 1 aliphatic carbocycles. The second-order valence-electron chi connectivity index (χ2n) is 8.89. The molecule has 0 atom stereocenters. The van der Waals surface area contributed by atoms with Crippen molar-refractivity contribution < 1.29 is 29.0 Å². The Hall–Kier alpha value is -3.40. The summed E-state index contributed by atoms with van der Waals surface area (Å²) in [6.45, 7) is -0.329. The maximum atomic E-state index is 13.5. The Morgan fingerprint density at radius 1 is 1.15 bits per heavy atom. The van der Waals surface area contributed by atoms with Crippen molar-refractivity contribution in [2.75, 3.05) is 13.1 Å². The zero-order chi connectivity index (χ0) is 24.4. The van der Waals surface area contributed by atoms with Gasteiger partial charge in [-0.15, -0.1) is 0 Å². The van der Waals surface area contributed by atoms with Gasteiger partial charge in [-0.3, -0.25) is 23.7 Å². The molecule has 0 saturated heterocycles. The van der Waals surface area contributed by atoms with Crippen LogP contribution >= 0.6 is 11.6 Å². The number of hydrogen-bond acceptors (Lipinski definition) is 5. The molecule has 3 aliphatic rings. The SMILES string of the molecule is O=C(O)CN1C(=O)c2c3c(c(O)c(=O)n2C12CCCC2)C(=O)N(Cc1ccc(F)c(Cl)c1)CC3. The maximum Gasteiger partial charge on any atom is 0.323 e. The van der Waals surface area contributed by atoms with Gasteiger partial charge in [-0.05, 0) is 49.8 Å². The molecule has 11 heteroatoms. The first-order valence-corrected chi connectivity index (χ1v) is 11.3. The van der Waals surface area contributed by atoms with Gasteiger partial charge in [0, 0.05) is 18.7 Å². The molecular weight excluding hydrogens is 469 g/mol. The molecule has 0 radical (unpaired) electrons. The normalized spacial score (nSPS) is 18.5. The molecule has 1 spiro atoms. The van der Waals surface area contributed by atoms with Crippen LogP contribution in [0.1, 0.15) is 57.7 Å². The molecule has 1 aromatic heterocycles. The van der Waals surface area contributed by atoms with Gasteiger partial charge >= 0.3 is 5.97 Å². The topological polar surface area (TPSA) is 120 Å². The second-order valence-corrected chi connectivity index (χ2v) is 9.30. The van der Waals surface area contributed by atoms with Gasteiger partial charge in [0.05, 0.1) is 10.6 Å². The number of nitrogens with zero attached hydrogens (tertiary/aromatic N) is 3. The van der Waals surface area contributed by atoms with E-state index < -0.39 is 47.1 Å². The Kier molecular flexibility index (Phi) is 5.16. The lowest BCUT2D eigenvalue weighted by Crippen LogP contribution is -2.50. The quantitative estimate of drug-likeness (QED) is 0.680. The highest BCUT2D eigenvalue weighted by Crippen LogP contribution is 2.46. The highest BCUT2D eigenvalue weighted by atomic mass is 35.5. The Labute approximate surface area is 198 Å². The van der Waals surface area contributed by atoms with Crippen molar-refractivity contribution in [2.45, 2.75) is 44.3 Å². The average molecular weight is 490 g/mol. The van der Waals surface area contributed by atoms with Gasteiger partial charge in [-0.1, -0.05) is 17.7 Å². The van der Waals surface area contributed by atoms with E-state index in [1.54, 1.807) is 0 Å². The van der Waals surface area contributed by atoms with Crippen LogP contribution in [0, 0.1) is 5.82 Å². The van der Waals surface area contributed by atoms with Crippen molar-refractivity contribution >= 4 is 29.4 Å². The highest BCUT2D eigenvalue weighted by molar-refractivity contribution is 6.30. The zero-order valence-electron chi connectivity index (χ0n) is 18.0. The molecule has 1 aromatic carbocycles. The van der Waals surface area contributed by atoms with Gasteiger partial charge in [0.2, 0.25) is 0 Å². The summed E-state index contributed by atoms with van der Waals surface area (Å²) in [5.41, 5.74) is -1.47. The van der Waals surface area contributed by atoms with Crippen LogP contribution in [-0.4, -0.2) is 55.5 Å². The van der Waals surface area contributed by atoms with E-state index in [1.165, 1.54) is 32.6 Å². The Bertz CT molecular complexity index is 1320. The van der Waals surface area contributed by atoms with Crippen molar-refractivity contribution in [3.63, 3.8) is 0 Å². The van der Waals surface area contributed by atoms with Gasteiger partial charge in [0.1, 0.15) is 23.7 Å². The number of aliphatic carboxylic acids is 1. The summed E-state index contributed by atoms with van der Waals surface area (Å²) in [4.78, 5) is 54.2. The van der Waals surface area contributed by atoms with Crippen LogP contribution in [0.4, 0.5) is 4.39 Å². The van der Waals surface area contributed by atoms with E-state index in [1.807, 2.05) is 0 Å². The Balaban J connectivity index is 1.60. The summed E-state index contributed by atoms with van der Waals surface area (Å²) in [7, 11) is 0. The lowest BCUT2D eigenvalue weighted by atomic mass is 9.95. The summed E-state index contributed by atoms with van der Waals surface area (Å²) >= 11 is 5.84. The standard InChI is InChI=1S/C23H21ClFN3O6/c24-14-9-12(3-4-15(14)25)10-26-8-5-13-17(20(26)32)19(31)22(34)28-18(13)21(33)27(11-16(29)30)23(28)6-1-2-7-23/h3-4,9,31H,1-2,5-8,10-11H2,(H,29,30). The van der Waals surface area contributed by atoms with Crippen LogP contribution in [0.2, 0.25) is 5.02 Å². The second kappa shape index (κ2) is 7.83. The number of carbonyl (C=O) groups is 3. The first kappa shape index (κ1) is 22.4. The third-order valence-electron chi connectivity index (χ3n) is 7.01. The number of carboxylic acid groups (broad SMARTS) is 1. The predicted molar refractivity (Wildman–Crippen MR) is 117 cm³/mol. The first-order chi connectivity index (χ1) is 16.2. The number of fused-ring (bicyclic) bond motifs is 4. The van der Waals surface area contributed by atoms with Crippen molar-refractivity contribution in [1.82, 2.24) is 14.4 Å². The first-order valence-electron chi connectivity index (χ1n) is 10.9. The third kappa shape index (κ3) is 3.12. The molecule has 3 heterocycles. The van der Waals surface area contributed by atoms with Crippen LogP contribution in [0.25, 0.3) is 0 Å². The van der Waals surface area contributed by atoms with E-state index in [4.69, 9.17) is 11.6 Å². The number of halogens is 2. The Morgan fingerprint density at radius 2 is 1.85 bits per heavy atom. The van der Waals surface area contributed by atoms with Crippen molar-refractivity contribution in [3.8, 4) is 5.75 Å². The molecule has 2 N–H and O–H groups in total. The molecule has 2 aromatic rings. The number of aromatic nitrogens is 1. The molecule has 2 amide bonds. The number of amides is 2. The van der Waals surface area contributed by atoms with E-state index >= 15 is 0 Å². The van der Waals surface area contributed by atoms with Crippen LogP contribution in [0.3, 0.4) is 0 Å². The monoisotopic (exact) mass is 489 g/mol. The molecule has 1 saturated carbocycles. The molecule has 0 bridgehead atoms. The van der Waals surface area contributed by atoms with E-state index in [9.17, 15) is 33.8 Å². The number of carboxylic acids is 1. The summed E-state index contributed by atoms with van der Waals surface area (Å²) in [6, 6.07) is 4.07. The van der Waals surface area contributed by atoms with E-state index in [-0.39, 0.29) is 41.4 Å². The van der Waals surface area contributed by atoms with Crippen molar-refractivity contribution in [1.29, 1.82) is 0 Å². The fourth-order valence-corrected chi connectivity index (χ4v) is 5.75. The number of rotatable bonds is 4. The fourth-order valence-electron chi connectivity index (χ4n) is 5.55. The predicted octanol–water partition coefficient (Wildman–Crippen LogP) is 2.31. The summed E-state index contributed by atoms with van der Waals surface area (Å²) in [5, 5.41) is 20.2. The lowest BCUT2D eigenvalue weighted by molar-refractivity contribution is -0.139. The summed E-state index contributed by atoms with van der Waals surface area (Å²) in [6.07, 6.45) is 2.35. The van der Waals surface area contributed by atoms with Gasteiger partial charge in [-0.2, -0.15) is 0 Å². The minimum Gasteiger partial charge on any atom is -0.502 e. The van der Waals surface area contributed by atoms with E-state index in [0.29, 0.717) is 31.2 Å². The molecule has 0 unspecified atom stereocenters. The molecule has 9 nitrogen and oxygen atoms in total. The minimum absolute atomic E-state index is 0.0150. The van der Waals surface area contributed by atoms with Gasteiger partial charge < -0.3 is 20.0 Å². The zero-order valence-corrected chi connectivity index (χ0v) is 18.8. The van der Waals surface area contributed by atoms with Gasteiger partial charge in [-0.25, -0.2) is 4.39 Å². The molecule has 5 rings (SSSR count). The largest absolute Gasteiger partial charge is 0.502 e. The highest BCUT2D eigenvalue weighted by Gasteiger charge is 2.54. The molecule has 178 valence electrons. The van der Waals surface area contributed by atoms with Gasteiger partial charge in [0.15, 0.2) is 5.75 Å². The molecule has 2 aliphatic heterocycles. The molecule has 34 heavy (non-hydrogen) atoms. The van der Waals surface area contributed by atoms with Crippen LogP contribution in [0.15, 0.2) is 23.0 Å². The van der Waals surface area contributed by atoms with Crippen molar-refractivity contribution in [2.24, 2.45) is 0 Å². The third-order valence-corrected chi connectivity index (χ3v) is 7.30. The minimum atomic E-state index is -1.21. The van der Waals surface area contributed by atoms with Crippen molar-refractivity contribution in [3.05, 3.63) is 61.8 Å². The van der Waals surface area contributed by atoms with Crippen LogP contribution < -0.4 is 5.56 Å². The number of aromatic hydroxyl groups is 1. The van der Waals surface area contributed by atoms with Gasteiger partial charge in [0.25, 0.3) is 17.4 Å². The number of hydrogen-bond donors (Lipinski definition) is 2. The van der Waals surface area contributed by atoms with Crippen LogP contribution in [-0.2, 0) is 23.4 Å². The van der Waals surface area contributed by atoms with Crippen LogP contribution in [0.5, 0.6) is 5.75 Å². The lowest BCUT2D eigenvalue weighted by Gasteiger charge is -2.35. The summed E-state index contributed by atoms with van der Waals surface area (Å²) in [5.74, 6) is -3.80. The molecule has 1 fully saturated rings. The molecular formula is C23H21ClFN3O6. The van der Waals surface area contributed by atoms with E-state index in [2.05, 4.69) is 0 Å².